The number of nitrogens with one attached hydrogen (secondary N) is 1. The summed E-state index contributed by atoms with van der Waals surface area (Å²) in [5, 5.41) is 3.89. The quantitative estimate of drug-likeness (QED) is 0.818. The van der Waals surface area contributed by atoms with Crippen LogP contribution in [0.25, 0.3) is 0 Å². The average molecular weight is 243 g/mol. The molecular formula is C16H21NO. The largest absolute Gasteiger partial charge is 0.497 e. The first kappa shape index (κ1) is 10.9. The molecule has 1 N–H and O–H groups in total. The van der Waals surface area contributed by atoms with Gasteiger partial charge in [-0.1, -0.05) is 18.9 Å². The molecule has 2 bridgehead atoms. The summed E-state index contributed by atoms with van der Waals surface area (Å²) >= 11 is 0. The Morgan fingerprint density at radius 3 is 3.17 bits per heavy atom. The zero-order valence-corrected chi connectivity index (χ0v) is 11.0. The predicted octanol–water partition coefficient (Wildman–Crippen LogP) is 3.17. The highest BCUT2D eigenvalue weighted by atomic mass is 16.5. The van der Waals surface area contributed by atoms with Gasteiger partial charge in [-0.15, -0.1) is 0 Å². The maximum atomic E-state index is 5.44. The van der Waals surface area contributed by atoms with Gasteiger partial charge in [0.15, 0.2) is 0 Å². The van der Waals surface area contributed by atoms with Crippen molar-refractivity contribution in [2.24, 2.45) is 5.92 Å². The lowest BCUT2D eigenvalue weighted by molar-refractivity contribution is 0.0696. The molecule has 2 heterocycles. The van der Waals surface area contributed by atoms with E-state index in [2.05, 4.69) is 23.5 Å². The number of hydrogen-bond donors (Lipinski definition) is 1. The van der Waals surface area contributed by atoms with E-state index in [9.17, 15) is 0 Å². The summed E-state index contributed by atoms with van der Waals surface area (Å²) in [6.45, 7) is 1.18. The van der Waals surface area contributed by atoms with Crippen LogP contribution in [0.2, 0.25) is 0 Å². The monoisotopic (exact) mass is 243 g/mol. The Morgan fingerprint density at radius 1 is 1.33 bits per heavy atom. The van der Waals surface area contributed by atoms with Crippen LogP contribution in [0.1, 0.15) is 49.1 Å². The van der Waals surface area contributed by atoms with Crippen molar-refractivity contribution in [2.45, 2.75) is 43.6 Å². The molecule has 2 aliphatic heterocycles. The average Bonchev–Trinajstić information content (AvgIpc) is 2.46. The predicted molar refractivity (Wildman–Crippen MR) is 72.0 cm³/mol. The lowest BCUT2D eigenvalue weighted by Crippen LogP contribution is -2.59. The molecule has 1 saturated carbocycles. The molecule has 0 radical (unpaired) electrons. The van der Waals surface area contributed by atoms with Crippen molar-refractivity contribution in [1.82, 2.24) is 5.32 Å². The van der Waals surface area contributed by atoms with Crippen molar-refractivity contribution in [3.05, 3.63) is 29.3 Å². The van der Waals surface area contributed by atoms with E-state index in [0.29, 0.717) is 0 Å². The van der Waals surface area contributed by atoms with E-state index in [1.165, 1.54) is 38.6 Å². The van der Waals surface area contributed by atoms with Gasteiger partial charge in [0.2, 0.25) is 0 Å². The van der Waals surface area contributed by atoms with Gasteiger partial charge in [0, 0.05) is 12.1 Å². The number of hydrogen-bond acceptors (Lipinski definition) is 2. The van der Waals surface area contributed by atoms with Gasteiger partial charge in [-0.25, -0.2) is 0 Å². The van der Waals surface area contributed by atoms with Crippen molar-refractivity contribution in [2.75, 3.05) is 13.7 Å². The molecular weight excluding hydrogens is 222 g/mol. The van der Waals surface area contributed by atoms with Crippen LogP contribution in [-0.2, 0) is 5.54 Å². The van der Waals surface area contributed by atoms with Crippen molar-refractivity contribution in [3.63, 3.8) is 0 Å². The van der Waals surface area contributed by atoms with Crippen molar-refractivity contribution < 1.29 is 4.74 Å². The Hall–Kier alpha value is -1.02. The Morgan fingerprint density at radius 2 is 2.28 bits per heavy atom. The Kier molecular flexibility index (Phi) is 2.25. The molecule has 2 heteroatoms. The minimum absolute atomic E-state index is 0.275. The molecule has 1 aromatic carbocycles. The summed E-state index contributed by atoms with van der Waals surface area (Å²) < 4.78 is 5.44. The molecule has 2 fully saturated rings. The van der Waals surface area contributed by atoms with Crippen LogP contribution in [0, 0.1) is 5.92 Å². The maximum Gasteiger partial charge on any atom is 0.119 e. The van der Waals surface area contributed by atoms with Crippen LogP contribution in [0.15, 0.2) is 18.2 Å². The van der Waals surface area contributed by atoms with Crippen LogP contribution < -0.4 is 10.1 Å². The minimum Gasteiger partial charge on any atom is -0.497 e. The van der Waals surface area contributed by atoms with Crippen molar-refractivity contribution >= 4 is 0 Å². The van der Waals surface area contributed by atoms with Gasteiger partial charge in [0.05, 0.1) is 7.11 Å². The first-order valence-corrected chi connectivity index (χ1v) is 7.27. The maximum absolute atomic E-state index is 5.44. The third-order valence-corrected chi connectivity index (χ3v) is 5.48. The SMILES string of the molecule is COc1ccc2c(c1)[C@]13CCCC[C@H]1C[C@@H]2CN3. The minimum atomic E-state index is 0.275. The van der Waals surface area contributed by atoms with Crippen LogP contribution >= 0.6 is 0 Å². The first-order chi connectivity index (χ1) is 8.83. The highest BCUT2D eigenvalue weighted by molar-refractivity contribution is 5.47. The Bertz CT molecular complexity index is 484. The normalized spacial score (nSPS) is 36.9. The molecule has 0 aromatic heterocycles. The molecule has 0 unspecified atom stereocenters. The fourth-order valence-corrected chi connectivity index (χ4v) is 4.62. The van der Waals surface area contributed by atoms with Crippen LogP contribution in [-0.4, -0.2) is 13.7 Å². The molecule has 5 rings (SSSR count). The summed E-state index contributed by atoms with van der Waals surface area (Å²) in [6, 6.07) is 6.74. The summed E-state index contributed by atoms with van der Waals surface area (Å²) in [5.74, 6) is 2.60. The second kappa shape index (κ2) is 3.74. The fourth-order valence-electron chi connectivity index (χ4n) is 4.62. The van der Waals surface area contributed by atoms with E-state index in [4.69, 9.17) is 4.74 Å². The number of methoxy groups -OCH3 is 1. The highest BCUT2D eigenvalue weighted by Crippen LogP contribution is 2.55. The van der Waals surface area contributed by atoms with Crippen LogP contribution in [0.5, 0.6) is 5.75 Å². The fraction of sp³-hybridized carbons (Fsp3) is 0.625. The van der Waals surface area contributed by atoms with E-state index in [1.807, 2.05) is 0 Å². The van der Waals surface area contributed by atoms with Crippen LogP contribution in [0.4, 0.5) is 0 Å². The molecule has 96 valence electrons. The van der Waals surface area contributed by atoms with E-state index >= 15 is 0 Å². The molecule has 1 saturated heterocycles. The van der Waals surface area contributed by atoms with E-state index in [-0.39, 0.29) is 5.54 Å². The van der Waals surface area contributed by atoms with Gasteiger partial charge in [0.25, 0.3) is 0 Å². The van der Waals surface area contributed by atoms with Gasteiger partial charge < -0.3 is 10.1 Å². The third-order valence-electron chi connectivity index (χ3n) is 5.48. The number of piperidine rings is 1. The molecule has 0 amide bonds. The second-order valence-corrected chi connectivity index (χ2v) is 6.18. The molecule has 4 aliphatic rings. The van der Waals surface area contributed by atoms with Gasteiger partial charge in [0.1, 0.15) is 5.75 Å². The van der Waals surface area contributed by atoms with Crippen molar-refractivity contribution in [1.29, 1.82) is 0 Å². The first-order valence-electron chi connectivity index (χ1n) is 7.27. The second-order valence-electron chi connectivity index (χ2n) is 6.18. The zero-order chi connectivity index (χ0) is 12.2. The zero-order valence-electron chi connectivity index (χ0n) is 11.0. The highest BCUT2D eigenvalue weighted by Gasteiger charge is 2.51. The topological polar surface area (TPSA) is 21.3 Å². The molecule has 2 aliphatic carbocycles. The summed E-state index contributed by atoms with van der Waals surface area (Å²) in [6.07, 6.45) is 6.89. The van der Waals surface area contributed by atoms with E-state index in [1.54, 1.807) is 18.2 Å². The number of benzene rings is 1. The molecule has 1 aromatic rings. The number of fused-ring (bicyclic) bond motifs is 1. The van der Waals surface area contributed by atoms with Gasteiger partial charge in [-0.05, 0) is 54.4 Å². The standard InChI is InChI=1S/C16H21NO/c1-18-13-5-6-14-11-8-12-4-2-3-7-16(12,17-10-11)15(14)9-13/h5-6,9,11-12,17H,2-4,7-8,10H2,1H3/t11-,12+,16+/m1/s1. The van der Waals surface area contributed by atoms with Crippen LogP contribution in [0.3, 0.4) is 0 Å². The lowest BCUT2D eigenvalue weighted by Gasteiger charge is -2.56. The Labute approximate surface area is 109 Å². The lowest BCUT2D eigenvalue weighted by atomic mass is 9.57. The van der Waals surface area contributed by atoms with E-state index in [0.717, 1.165) is 17.6 Å². The molecule has 1 spiro atoms. The number of ether oxygens (including phenoxy) is 1. The molecule has 3 atom stereocenters. The smallest absolute Gasteiger partial charge is 0.119 e. The van der Waals surface area contributed by atoms with E-state index < -0.39 is 0 Å². The van der Waals surface area contributed by atoms with Gasteiger partial charge >= 0.3 is 0 Å². The third kappa shape index (κ3) is 1.27. The molecule has 18 heavy (non-hydrogen) atoms. The summed E-state index contributed by atoms with van der Waals surface area (Å²) in [7, 11) is 1.77. The summed E-state index contributed by atoms with van der Waals surface area (Å²) in [4.78, 5) is 0. The summed E-state index contributed by atoms with van der Waals surface area (Å²) in [5.41, 5.74) is 3.42. The Balaban J connectivity index is 1.89. The molecule has 2 nitrogen and oxygen atoms in total. The van der Waals surface area contributed by atoms with Gasteiger partial charge in [-0.2, -0.15) is 0 Å². The van der Waals surface area contributed by atoms with Gasteiger partial charge in [-0.3, -0.25) is 0 Å². The number of rotatable bonds is 1. The van der Waals surface area contributed by atoms with Crippen molar-refractivity contribution in [3.8, 4) is 5.75 Å².